The van der Waals surface area contributed by atoms with Crippen molar-refractivity contribution in [2.24, 2.45) is 0 Å². The lowest BCUT2D eigenvalue weighted by molar-refractivity contribution is -0.384. The molecule has 0 heterocycles. The molecule has 1 aliphatic rings. The normalized spacial score (nSPS) is 13.0. The van der Waals surface area contributed by atoms with Gasteiger partial charge in [0.25, 0.3) is 11.6 Å². The maximum atomic E-state index is 12.5. The van der Waals surface area contributed by atoms with Crippen molar-refractivity contribution in [1.82, 2.24) is 0 Å². The summed E-state index contributed by atoms with van der Waals surface area (Å²) in [6.07, 6.45) is 4.40. The highest BCUT2D eigenvalue weighted by molar-refractivity contribution is 6.05. The second kappa shape index (κ2) is 6.70. The number of carbonyl (C=O) groups is 1. The molecular weight excluding hydrogens is 308 g/mol. The van der Waals surface area contributed by atoms with Crippen molar-refractivity contribution in [1.29, 1.82) is 0 Å². The van der Waals surface area contributed by atoms with Crippen molar-refractivity contribution in [3.05, 3.63) is 63.2 Å². The monoisotopic (exact) mass is 326 g/mol. The van der Waals surface area contributed by atoms with Crippen molar-refractivity contribution in [2.75, 3.05) is 12.4 Å². The Kier molecular flexibility index (Phi) is 4.46. The van der Waals surface area contributed by atoms with E-state index in [2.05, 4.69) is 5.32 Å². The van der Waals surface area contributed by atoms with Gasteiger partial charge in [-0.05, 0) is 55.0 Å². The molecule has 1 N–H and O–H groups in total. The zero-order chi connectivity index (χ0) is 17.1. The molecule has 0 unspecified atom stereocenters. The maximum absolute atomic E-state index is 12.5. The summed E-state index contributed by atoms with van der Waals surface area (Å²) in [5.41, 5.74) is 3.44. The van der Waals surface area contributed by atoms with Gasteiger partial charge in [-0.25, -0.2) is 0 Å². The summed E-state index contributed by atoms with van der Waals surface area (Å²) in [7, 11) is 1.41. The average molecular weight is 326 g/mol. The molecule has 6 nitrogen and oxygen atoms in total. The van der Waals surface area contributed by atoms with Crippen LogP contribution in [0.4, 0.5) is 11.4 Å². The van der Waals surface area contributed by atoms with Gasteiger partial charge in [-0.1, -0.05) is 6.07 Å². The molecule has 0 radical (unpaired) electrons. The molecule has 124 valence electrons. The van der Waals surface area contributed by atoms with E-state index in [0.717, 1.165) is 19.3 Å². The molecule has 0 fully saturated rings. The van der Waals surface area contributed by atoms with Crippen LogP contribution in [0.25, 0.3) is 0 Å². The van der Waals surface area contributed by atoms with Crippen LogP contribution in [0, 0.1) is 10.1 Å². The van der Waals surface area contributed by atoms with Crippen LogP contribution in [-0.2, 0) is 12.8 Å². The first-order valence-electron chi connectivity index (χ1n) is 7.84. The Hall–Kier alpha value is -2.89. The van der Waals surface area contributed by atoms with Crippen molar-refractivity contribution in [3.63, 3.8) is 0 Å². The number of hydrogen-bond acceptors (Lipinski definition) is 4. The molecule has 1 aliphatic carbocycles. The number of amides is 1. The topological polar surface area (TPSA) is 81.5 Å². The molecule has 0 saturated heterocycles. The van der Waals surface area contributed by atoms with Crippen molar-refractivity contribution in [3.8, 4) is 5.75 Å². The van der Waals surface area contributed by atoms with Gasteiger partial charge in [0, 0.05) is 11.6 Å². The van der Waals surface area contributed by atoms with Crippen LogP contribution in [0.2, 0.25) is 0 Å². The molecule has 6 heteroatoms. The summed E-state index contributed by atoms with van der Waals surface area (Å²) in [4.78, 5) is 22.8. The predicted molar refractivity (Wildman–Crippen MR) is 90.7 cm³/mol. The molecule has 0 aliphatic heterocycles. The minimum Gasteiger partial charge on any atom is -0.494 e. The molecule has 0 atom stereocenters. The van der Waals surface area contributed by atoms with E-state index in [1.54, 1.807) is 0 Å². The second-order valence-electron chi connectivity index (χ2n) is 5.79. The van der Waals surface area contributed by atoms with E-state index in [0.29, 0.717) is 11.3 Å². The number of nitrogens with zero attached hydrogens (tertiary/aromatic N) is 1. The minimum absolute atomic E-state index is 0.0846. The number of aryl methyl sites for hydroxylation is 2. The van der Waals surface area contributed by atoms with E-state index < -0.39 is 4.92 Å². The first-order chi connectivity index (χ1) is 11.6. The van der Waals surface area contributed by atoms with Crippen LogP contribution in [0.3, 0.4) is 0 Å². The first-order valence-corrected chi connectivity index (χ1v) is 7.84. The van der Waals surface area contributed by atoms with Crippen molar-refractivity contribution < 1.29 is 14.5 Å². The molecule has 3 rings (SSSR count). The molecule has 1 amide bonds. The Morgan fingerprint density at radius 3 is 2.58 bits per heavy atom. The molecule has 0 aromatic heterocycles. The Bertz CT molecular complexity index is 802. The van der Waals surface area contributed by atoms with Gasteiger partial charge in [0.15, 0.2) is 0 Å². The standard InChI is InChI=1S/C18H18N2O4/c1-24-17-11-15(20(22)23)8-9-16(17)19-18(21)14-7-6-12-4-2-3-5-13(12)10-14/h6-11H,2-5H2,1H3,(H,19,21). The van der Waals surface area contributed by atoms with E-state index in [4.69, 9.17) is 4.74 Å². The van der Waals surface area contributed by atoms with E-state index >= 15 is 0 Å². The van der Waals surface area contributed by atoms with E-state index in [9.17, 15) is 14.9 Å². The zero-order valence-corrected chi connectivity index (χ0v) is 13.4. The van der Waals surface area contributed by atoms with Gasteiger partial charge in [-0.15, -0.1) is 0 Å². The van der Waals surface area contributed by atoms with Crippen LogP contribution in [0.5, 0.6) is 5.75 Å². The summed E-state index contributed by atoms with van der Waals surface area (Å²) in [5, 5.41) is 13.6. The highest BCUT2D eigenvalue weighted by Gasteiger charge is 2.16. The second-order valence-corrected chi connectivity index (χ2v) is 5.79. The summed E-state index contributed by atoms with van der Waals surface area (Å²) < 4.78 is 5.14. The van der Waals surface area contributed by atoms with Gasteiger partial charge in [-0.3, -0.25) is 14.9 Å². The van der Waals surface area contributed by atoms with Gasteiger partial charge in [-0.2, -0.15) is 0 Å². The lowest BCUT2D eigenvalue weighted by Crippen LogP contribution is -2.14. The number of nitrogens with one attached hydrogen (secondary N) is 1. The lowest BCUT2D eigenvalue weighted by atomic mass is 9.90. The van der Waals surface area contributed by atoms with E-state index in [1.165, 1.54) is 42.9 Å². The number of nitro benzene ring substituents is 1. The third kappa shape index (κ3) is 3.22. The average Bonchev–Trinajstić information content (AvgIpc) is 2.61. The lowest BCUT2D eigenvalue weighted by Gasteiger charge is -2.16. The summed E-state index contributed by atoms with van der Waals surface area (Å²) in [6, 6.07) is 9.87. The quantitative estimate of drug-likeness (QED) is 0.685. The molecule has 2 aromatic rings. The summed E-state index contributed by atoms with van der Waals surface area (Å²) >= 11 is 0. The number of fused-ring (bicyclic) bond motifs is 1. The summed E-state index contributed by atoms with van der Waals surface area (Å²) in [5.74, 6) is 0.00559. The third-order valence-electron chi connectivity index (χ3n) is 4.25. The Labute approximate surface area is 139 Å². The van der Waals surface area contributed by atoms with Gasteiger partial charge in [0.05, 0.1) is 23.8 Å². The van der Waals surface area contributed by atoms with Crippen molar-refractivity contribution in [2.45, 2.75) is 25.7 Å². The fourth-order valence-corrected chi connectivity index (χ4v) is 2.97. The molecule has 0 saturated carbocycles. The van der Waals surface area contributed by atoms with Crippen LogP contribution < -0.4 is 10.1 Å². The van der Waals surface area contributed by atoms with Gasteiger partial charge in [0.2, 0.25) is 0 Å². The fraction of sp³-hybridized carbons (Fsp3) is 0.278. The number of ether oxygens (including phenoxy) is 1. The minimum atomic E-state index is -0.502. The van der Waals surface area contributed by atoms with Gasteiger partial charge >= 0.3 is 0 Å². The SMILES string of the molecule is COc1cc([N+](=O)[O-])ccc1NC(=O)c1ccc2c(c1)CCCC2. The Morgan fingerprint density at radius 2 is 1.88 bits per heavy atom. The van der Waals surface area contributed by atoms with Gasteiger partial charge < -0.3 is 10.1 Å². The number of carbonyl (C=O) groups excluding carboxylic acids is 1. The Morgan fingerprint density at radius 1 is 1.12 bits per heavy atom. The number of benzene rings is 2. The van der Waals surface area contributed by atoms with Gasteiger partial charge in [0.1, 0.15) is 5.75 Å². The van der Waals surface area contributed by atoms with E-state index in [-0.39, 0.29) is 17.3 Å². The first kappa shape index (κ1) is 16.0. The zero-order valence-electron chi connectivity index (χ0n) is 13.4. The molecule has 2 aromatic carbocycles. The fourth-order valence-electron chi connectivity index (χ4n) is 2.97. The van der Waals surface area contributed by atoms with Crippen molar-refractivity contribution >= 4 is 17.3 Å². The number of rotatable bonds is 4. The largest absolute Gasteiger partial charge is 0.494 e. The predicted octanol–water partition coefficient (Wildman–Crippen LogP) is 3.73. The molecular formula is C18H18N2O4. The number of methoxy groups -OCH3 is 1. The number of non-ortho nitro benzene ring substituents is 1. The number of hydrogen-bond donors (Lipinski definition) is 1. The number of anilines is 1. The number of nitro groups is 1. The van der Waals surface area contributed by atoms with E-state index in [1.807, 2.05) is 18.2 Å². The van der Waals surface area contributed by atoms with Crippen LogP contribution >= 0.6 is 0 Å². The van der Waals surface area contributed by atoms with Crippen LogP contribution in [0.15, 0.2) is 36.4 Å². The maximum Gasteiger partial charge on any atom is 0.273 e. The summed E-state index contributed by atoms with van der Waals surface area (Å²) in [6.45, 7) is 0. The third-order valence-corrected chi connectivity index (χ3v) is 4.25. The van der Waals surface area contributed by atoms with Crippen LogP contribution in [0.1, 0.15) is 34.3 Å². The Balaban J connectivity index is 1.83. The molecule has 24 heavy (non-hydrogen) atoms. The van der Waals surface area contributed by atoms with Crippen LogP contribution in [-0.4, -0.2) is 17.9 Å². The molecule has 0 spiro atoms. The highest BCUT2D eigenvalue weighted by Crippen LogP contribution is 2.30. The highest BCUT2D eigenvalue weighted by atomic mass is 16.6. The molecule has 0 bridgehead atoms. The smallest absolute Gasteiger partial charge is 0.273 e.